The lowest BCUT2D eigenvalue weighted by Gasteiger charge is -2.28. The van der Waals surface area contributed by atoms with Gasteiger partial charge >= 0.3 is 0 Å². The molecule has 0 bridgehead atoms. The van der Waals surface area contributed by atoms with Gasteiger partial charge in [-0.3, -0.25) is 14.4 Å². The number of halogens is 1. The van der Waals surface area contributed by atoms with Crippen LogP contribution in [0.5, 0.6) is 5.75 Å². The Morgan fingerprint density at radius 3 is 2.78 bits per heavy atom. The highest BCUT2D eigenvalue weighted by molar-refractivity contribution is 7.92. The summed E-state index contributed by atoms with van der Waals surface area (Å²) in [6.45, 7) is -0.166. The first kappa shape index (κ1) is 20.4. The monoisotopic (exact) mass is 458 g/mol. The van der Waals surface area contributed by atoms with Crippen LogP contribution in [0.1, 0.15) is 36.9 Å². The highest BCUT2D eigenvalue weighted by atomic mass is 32.2. The summed E-state index contributed by atoms with van der Waals surface area (Å²) in [6, 6.07) is 9.30. The Balaban J connectivity index is 1.43. The molecule has 1 N–H and O–H groups in total. The molecule has 166 valence electrons. The Morgan fingerprint density at radius 2 is 2.03 bits per heavy atom. The Kier molecular flexibility index (Phi) is 5.04. The normalized spacial score (nSPS) is 16.3. The van der Waals surface area contributed by atoms with Gasteiger partial charge in [-0.25, -0.2) is 12.8 Å². The fourth-order valence-corrected chi connectivity index (χ4v) is 4.65. The average Bonchev–Trinajstić information content (AvgIpc) is 3.16. The summed E-state index contributed by atoms with van der Waals surface area (Å²) < 4.78 is 52.2. The minimum atomic E-state index is -4.04. The van der Waals surface area contributed by atoms with E-state index in [0.29, 0.717) is 17.5 Å². The standard InChI is InChI=1S/C21H19FN4O5S/c22-14-5-2-6-15(9-14)25-32(28,29)16-7-8-18-17(10-16)26(20(27)12-30-18)11-19-23-21(31-24-19)13-3-1-4-13/h2,5-10,13,25H,1,3-4,11-12H2. The Labute approximate surface area is 183 Å². The SMILES string of the molecule is O=C1COc2ccc(S(=O)(=O)Nc3cccc(F)c3)cc2N1Cc1noc(C2CCC2)n1. The zero-order valence-electron chi connectivity index (χ0n) is 16.8. The number of hydrogen-bond acceptors (Lipinski definition) is 7. The fraction of sp³-hybridized carbons (Fsp3) is 0.286. The maximum absolute atomic E-state index is 13.4. The third-order valence-corrected chi connectivity index (χ3v) is 6.88. The number of nitrogens with zero attached hydrogens (tertiary/aromatic N) is 3. The van der Waals surface area contributed by atoms with Gasteiger partial charge in [-0.15, -0.1) is 0 Å². The summed E-state index contributed by atoms with van der Waals surface area (Å²) in [4.78, 5) is 18.2. The molecule has 1 aliphatic carbocycles. The first-order valence-corrected chi connectivity index (χ1v) is 11.6. The van der Waals surface area contributed by atoms with Crippen LogP contribution < -0.4 is 14.4 Å². The van der Waals surface area contributed by atoms with E-state index in [2.05, 4.69) is 14.9 Å². The van der Waals surface area contributed by atoms with Gasteiger partial charge in [0, 0.05) is 5.92 Å². The van der Waals surface area contributed by atoms with Crippen LogP contribution in [0.3, 0.4) is 0 Å². The van der Waals surface area contributed by atoms with Crippen molar-refractivity contribution in [2.24, 2.45) is 0 Å². The van der Waals surface area contributed by atoms with E-state index >= 15 is 0 Å². The molecule has 1 amide bonds. The molecular weight excluding hydrogens is 439 g/mol. The van der Waals surface area contributed by atoms with Crippen LogP contribution in [-0.4, -0.2) is 31.1 Å². The first-order chi connectivity index (χ1) is 15.4. The van der Waals surface area contributed by atoms with Crippen LogP contribution in [-0.2, 0) is 21.4 Å². The Morgan fingerprint density at radius 1 is 1.19 bits per heavy atom. The van der Waals surface area contributed by atoms with Gasteiger partial charge in [0.15, 0.2) is 12.4 Å². The van der Waals surface area contributed by atoms with Crippen molar-refractivity contribution >= 4 is 27.3 Å². The quantitative estimate of drug-likeness (QED) is 0.603. The number of sulfonamides is 1. The number of nitrogens with one attached hydrogen (secondary N) is 1. The molecule has 0 radical (unpaired) electrons. The molecule has 3 aromatic rings. The van der Waals surface area contributed by atoms with Crippen LogP contribution in [0, 0.1) is 5.82 Å². The van der Waals surface area contributed by atoms with Gasteiger partial charge in [-0.2, -0.15) is 4.98 Å². The van der Waals surface area contributed by atoms with Crippen LogP contribution in [0.4, 0.5) is 15.8 Å². The van der Waals surface area contributed by atoms with Gasteiger partial charge in [0.05, 0.1) is 22.8 Å². The van der Waals surface area contributed by atoms with Crippen molar-refractivity contribution in [1.29, 1.82) is 0 Å². The summed E-state index contributed by atoms with van der Waals surface area (Å²) in [5.41, 5.74) is 0.362. The summed E-state index contributed by atoms with van der Waals surface area (Å²) in [5, 5.41) is 3.97. The zero-order valence-corrected chi connectivity index (χ0v) is 17.6. The van der Waals surface area contributed by atoms with Gasteiger partial charge in [-0.05, 0) is 49.2 Å². The van der Waals surface area contributed by atoms with Crippen LogP contribution in [0.25, 0.3) is 0 Å². The molecule has 2 aliphatic rings. The van der Waals surface area contributed by atoms with Crippen molar-refractivity contribution < 1.29 is 26.9 Å². The predicted molar refractivity (Wildman–Crippen MR) is 111 cm³/mol. The summed E-state index contributed by atoms with van der Waals surface area (Å²) in [6.07, 6.45) is 3.12. The molecule has 9 nitrogen and oxygen atoms in total. The second kappa shape index (κ2) is 7.90. The molecule has 11 heteroatoms. The molecule has 2 aromatic carbocycles. The zero-order chi connectivity index (χ0) is 22.3. The minimum Gasteiger partial charge on any atom is -0.482 e. The average molecular weight is 458 g/mol. The highest BCUT2D eigenvalue weighted by Gasteiger charge is 2.30. The number of carbonyl (C=O) groups excluding carboxylic acids is 1. The smallest absolute Gasteiger partial charge is 0.265 e. The summed E-state index contributed by atoms with van der Waals surface area (Å²) >= 11 is 0. The molecule has 1 aliphatic heterocycles. The lowest BCUT2D eigenvalue weighted by atomic mass is 9.85. The summed E-state index contributed by atoms with van der Waals surface area (Å²) in [5.74, 6) is 0.580. The van der Waals surface area contributed by atoms with Crippen LogP contribution >= 0.6 is 0 Å². The van der Waals surface area contributed by atoms with Gasteiger partial charge in [-0.1, -0.05) is 17.6 Å². The second-order valence-corrected chi connectivity index (χ2v) is 9.37. The van der Waals surface area contributed by atoms with E-state index in [9.17, 15) is 17.6 Å². The third kappa shape index (κ3) is 3.91. The lowest BCUT2D eigenvalue weighted by Crippen LogP contribution is -2.38. The van der Waals surface area contributed by atoms with E-state index in [1.54, 1.807) is 0 Å². The number of hydrogen-bond donors (Lipinski definition) is 1. The number of rotatable bonds is 6. The second-order valence-electron chi connectivity index (χ2n) is 7.69. The molecular formula is C21H19FN4O5S. The van der Waals surface area contributed by atoms with Crippen molar-refractivity contribution in [3.63, 3.8) is 0 Å². The topological polar surface area (TPSA) is 115 Å². The van der Waals surface area contributed by atoms with E-state index in [4.69, 9.17) is 9.26 Å². The van der Waals surface area contributed by atoms with E-state index in [1.807, 2.05) is 0 Å². The fourth-order valence-electron chi connectivity index (χ4n) is 3.58. The minimum absolute atomic E-state index is 0.0201. The number of amides is 1. The lowest BCUT2D eigenvalue weighted by molar-refractivity contribution is -0.121. The molecule has 2 heterocycles. The molecule has 0 atom stereocenters. The number of benzene rings is 2. The molecule has 5 rings (SSSR count). The number of aromatic nitrogens is 2. The van der Waals surface area contributed by atoms with E-state index in [-0.39, 0.29) is 41.2 Å². The highest BCUT2D eigenvalue weighted by Crippen LogP contribution is 2.37. The molecule has 0 spiro atoms. The van der Waals surface area contributed by atoms with Crippen LogP contribution in [0.15, 0.2) is 51.9 Å². The number of fused-ring (bicyclic) bond motifs is 1. The van der Waals surface area contributed by atoms with E-state index < -0.39 is 15.8 Å². The maximum Gasteiger partial charge on any atom is 0.265 e. The maximum atomic E-state index is 13.4. The Bertz CT molecular complexity index is 1290. The van der Waals surface area contributed by atoms with Crippen molar-refractivity contribution in [1.82, 2.24) is 10.1 Å². The predicted octanol–water partition coefficient (Wildman–Crippen LogP) is 3.20. The van der Waals surface area contributed by atoms with Gasteiger partial charge in [0.25, 0.3) is 15.9 Å². The molecule has 32 heavy (non-hydrogen) atoms. The van der Waals surface area contributed by atoms with Crippen molar-refractivity contribution in [3.8, 4) is 5.75 Å². The molecule has 1 aromatic heterocycles. The third-order valence-electron chi connectivity index (χ3n) is 5.50. The van der Waals surface area contributed by atoms with Crippen molar-refractivity contribution in [3.05, 3.63) is 60.0 Å². The van der Waals surface area contributed by atoms with E-state index in [0.717, 1.165) is 25.3 Å². The van der Waals surface area contributed by atoms with Crippen molar-refractivity contribution in [2.75, 3.05) is 16.2 Å². The van der Waals surface area contributed by atoms with Gasteiger partial charge in [0.1, 0.15) is 11.6 Å². The largest absolute Gasteiger partial charge is 0.482 e. The molecule has 1 fully saturated rings. The van der Waals surface area contributed by atoms with Crippen molar-refractivity contribution in [2.45, 2.75) is 36.6 Å². The number of ether oxygens (including phenoxy) is 1. The van der Waals surface area contributed by atoms with Gasteiger partial charge < -0.3 is 9.26 Å². The Hall–Kier alpha value is -3.47. The van der Waals surface area contributed by atoms with Crippen LogP contribution in [0.2, 0.25) is 0 Å². The summed E-state index contributed by atoms with van der Waals surface area (Å²) in [7, 11) is -4.04. The first-order valence-electron chi connectivity index (χ1n) is 10.1. The molecule has 0 unspecified atom stereocenters. The molecule has 0 saturated heterocycles. The number of carbonyl (C=O) groups is 1. The molecule has 1 saturated carbocycles. The van der Waals surface area contributed by atoms with E-state index in [1.165, 1.54) is 41.3 Å². The van der Waals surface area contributed by atoms with Gasteiger partial charge in [0.2, 0.25) is 5.89 Å². The number of anilines is 2.